The summed E-state index contributed by atoms with van der Waals surface area (Å²) in [6.07, 6.45) is -0.160. The summed E-state index contributed by atoms with van der Waals surface area (Å²) in [5, 5.41) is 8.64. The predicted molar refractivity (Wildman–Crippen MR) is 57.8 cm³/mol. The molecule has 1 radical (unpaired) electrons. The molecule has 1 heterocycles. The summed E-state index contributed by atoms with van der Waals surface area (Å²) in [6.45, 7) is 0. The second-order valence-electron chi connectivity index (χ2n) is 3.29. The van der Waals surface area contributed by atoms with Gasteiger partial charge in [0.15, 0.2) is 0 Å². The first kappa shape index (κ1) is 13.2. The van der Waals surface area contributed by atoms with Gasteiger partial charge in [0.1, 0.15) is 18.1 Å². The molecule has 16 heavy (non-hydrogen) atoms. The maximum absolute atomic E-state index is 12.9. The molecule has 0 bridgehead atoms. The van der Waals surface area contributed by atoms with Gasteiger partial charge in [-0.1, -0.05) is 0 Å². The number of benzene rings is 1. The predicted octanol–water partition coefficient (Wildman–Crippen LogP) is 0.959. The third-order valence-electron chi connectivity index (χ3n) is 2.24. The number of halogens is 1. The van der Waals surface area contributed by atoms with Crippen LogP contribution in [0.3, 0.4) is 0 Å². The van der Waals surface area contributed by atoms with Crippen molar-refractivity contribution in [3.8, 4) is 0 Å². The largest absolute Gasteiger partial charge is 0.481 e. The van der Waals surface area contributed by atoms with E-state index in [1.165, 1.54) is 12.1 Å². The molecule has 0 spiro atoms. The van der Waals surface area contributed by atoms with Crippen LogP contribution in [0.1, 0.15) is 5.82 Å². The van der Waals surface area contributed by atoms with Crippen LogP contribution < -0.4 is 0 Å². The third-order valence-corrected chi connectivity index (χ3v) is 2.24. The number of carboxylic acid groups (broad SMARTS) is 1. The number of carboxylic acids is 1. The molecule has 0 amide bonds. The molecule has 0 aliphatic heterocycles. The van der Waals surface area contributed by atoms with Crippen molar-refractivity contribution in [2.24, 2.45) is 7.05 Å². The monoisotopic (exact) mass is 231 g/mol. The topological polar surface area (TPSA) is 55.1 Å². The van der Waals surface area contributed by atoms with E-state index >= 15 is 0 Å². The number of nitrogens with zero attached hydrogens (tertiary/aromatic N) is 2. The fourth-order valence-electron chi connectivity index (χ4n) is 1.52. The quantitative estimate of drug-likeness (QED) is 0.783. The van der Waals surface area contributed by atoms with Crippen LogP contribution in [0.5, 0.6) is 0 Å². The number of fused-ring (bicyclic) bond motifs is 1. The first-order chi connectivity index (χ1) is 7.08. The Labute approximate surface area is 113 Å². The van der Waals surface area contributed by atoms with Gasteiger partial charge in [-0.3, -0.25) is 4.79 Å². The second kappa shape index (κ2) is 4.95. The molecule has 0 unspecified atom stereocenters. The van der Waals surface area contributed by atoms with Crippen LogP contribution in [0.25, 0.3) is 11.0 Å². The van der Waals surface area contributed by atoms with E-state index in [-0.39, 0.29) is 41.8 Å². The molecular formula is C10H9FN2NaO2. The van der Waals surface area contributed by atoms with Crippen LogP contribution in [-0.2, 0) is 18.3 Å². The number of aliphatic carboxylic acids is 1. The molecule has 0 saturated heterocycles. The SMILES string of the molecule is Cn1c(CC(=O)O)nc2cc(F)ccc21.[Na]. The molecule has 1 aromatic heterocycles. The Bertz CT molecular complexity index is 539. The Hall–Kier alpha value is -0.910. The molecule has 0 aliphatic rings. The van der Waals surface area contributed by atoms with Crippen molar-refractivity contribution < 1.29 is 14.3 Å². The van der Waals surface area contributed by atoms with Crippen molar-refractivity contribution in [2.75, 3.05) is 0 Å². The first-order valence-corrected chi connectivity index (χ1v) is 4.40. The molecule has 1 aromatic carbocycles. The molecule has 4 nitrogen and oxygen atoms in total. The molecule has 2 rings (SSSR count). The van der Waals surface area contributed by atoms with E-state index in [1.54, 1.807) is 17.7 Å². The number of aromatic nitrogens is 2. The summed E-state index contributed by atoms with van der Waals surface area (Å²) in [6, 6.07) is 4.21. The number of aryl methyl sites for hydroxylation is 1. The van der Waals surface area contributed by atoms with Gasteiger partial charge in [-0.25, -0.2) is 9.37 Å². The van der Waals surface area contributed by atoms with E-state index in [2.05, 4.69) is 4.98 Å². The Kier molecular flexibility index (Phi) is 4.07. The van der Waals surface area contributed by atoms with E-state index in [0.717, 1.165) is 5.52 Å². The van der Waals surface area contributed by atoms with Gasteiger partial charge in [-0.05, 0) is 12.1 Å². The van der Waals surface area contributed by atoms with Gasteiger partial charge >= 0.3 is 5.97 Å². The fraction of sp³-hybridized carbons (Fsp3) is 0.200. The van der Waals surface area contributed by atoms with Crippen LogP contribution in [-0.4, -0.2) is 50.2 Å². The summed E-state index contributed by atoms with van der Waals surface area (Å²) in [7, 11) is 1.71. The summed E-state index contributed by atoms with van der Waals surface area (Å²) in [5.74, 6) is -0.903. The molecule has 79 valence electrons. The summed E-state index contributed by atoms with van der Waals surface area (Å²) < 4.78 is 14.5. The zero-order chi connectivity index (χ0) is 11.0. The third kappa shape index (κ3) is 2.42. The van der Waals surface area contributed by atoms with Crippen LogP contribution in [0.15, 0.2) is 18.2 Å². The molecule has 0 aliphatic carbocycles. The minimum atomic E-state index is -0.950. The van der Waals surface area contributed by atoms with Gasteiger partial charge in [0.25, 0.3) is 0 Å². The second-order valence-corrected chi connectivity index (χ2v) is 3.29. The average molecular weight is 231 g/mol. The normalized spacial score (nSPS) is 10.1. The van der Waals surface area contributed by atoms with Crippen LogP contribution in [0.2, 0.25) is 0 Å². The van der Waals surface area contributed by atoms with E-state index < -0.39 is 5.97 Å². The molecule has 2 aromatic rings. The van der Waals surface area contributed by atoms with E-state index in [9.17, 15) is 9.18 Å². The summed E-state index contributed by atoms with van der Waals surface area (Å²) >= 11 is 0. The van der Waals surface area contributed by atoms with Gasteiger partial charge in [-0.15, -0.1) is 0 Å². The number of hydrogen-bond acceptors (Lipinski definition) is 2. The smallest absolute Gasteiger partial charge is 0.311 e. The molecule has 0 fully saturated rings. The standard InChI is InChI=1S/C10H9FN2O2.Na/c1-13-8-3-2-6(11)4-7(8)12-9(13)5-10(14)15;/h2-4H,5H2,1H3,(H,14,15);. The van der Waals surface area contributed by atoms with Gasteiger partial charge in [-0.2, -0.15) is 0 Å². The summed E-state index contributed by atoms with van der Waals surface area (Å²) in [5.41, 5.74) is 1.21. The fourth-order valence-corrected chi connectivity index (χ4v) is 1.52. The Balaban J connectivity index is 0.00000128. The minimum absolute atomic E-state index is 0. The Morgan fingerprint density at radius 3 is 2.88 bits per heavy atom. The molecular weight excluding hydrogens is 222 g/mol. The van der Waals surface area contributed by atoms with Crippen LogP contribution in [0.4, 0.5) is 4.39 Å². The van der Waals surface area contributed by atoms with Crippen molar-refractivity contribution in [1.29, 1.82) is 0 Å². The molecule has 0 atom stereocenters. The van der Waals surface area contributed by atoms with E-state index in [1.807, 2.05) is 0 Å². The number of hydrogen-bond donors (Lipinski definition) is 1. The van der Waals surface area contributed by atoms with Crippen molar-refractivity contribution in [3.63, 3.8) is 0 Å². The first-order valence-electron chi connectivity index (χ1n) is 4.40. The van der Waals surface area contributed by atoms with E-state index in [0.29, 0.717) is 11.3 Å². The maximum Gasteiger partial charge on any atom is 0.311 e. The van der Waals surface area contributed by atoms with Crippen LogP contribution in [0, 0.1) is 5.82 Å². The maximum atomic E-state index is 12.9. The Morgan fingerprint density at radius 1 is 1.56 bits per heavy atom. The number of imidazole rings is 1. The molecule has 0 saturated carbocycles. The van der Waals surface area contributed by atoms with Crippen molar-refractivity contribution in [2.45, 2.75) is 6.42 Å². The molecule has 1 N–H and O–H groups in total. The van der Waals surface area contributed by atoms with Crippen molar-refractivity contribution >= 4 is 46.6 Å². The van der Waals surface area contributed by atoms with Gasteiger partial charge in [0.2, 0.25) is 0 Å². The van der Waals surface area contributed by atoms with E-state index in [4.69, 9.17) is 5.11 Å². The van der Waals surface area contributed by atoms with Gasteiger partial charge in [0.05, 0.1) is 11.0 Å². The zero-order valence-electron chi connectivity index (χ0n) is 9.07. The summed E-state index contributed by atoms with van der Waals surface area (Å²) in [4.78, 5) is 14.6. The van der Waals surface area contributed by atoms with Crippen LogP contribution >= 0.6 is 0 Å². The average Bonchev–Trinajstić information content (AvgIpc) is 2.42. The number of rotatable bonds is 2. The van der Waals surface area contributed by atoms with Crippen molar-refractivity contribution in [1.82, 2.24) is 9.55 Å². The van der Waals surface area contributed by atoms with Gasteiger partial charge in [0, 0.05) is 42.7 Å². The zero-order valence-corrected chi connectivity index (χ0v) is 11.1. The minimum Gasteiger partial charge on any atom is -0.481 e. The van der Waals surface area contributed by atoms with Crippen molar-refractivity contribution in [3.05, 3.63) is 29.8 Å². The Morgan fingerprint density at radius 2 is 2.25 bits per heavy atom. The number of carbonyl (C=O) groups is 1. The van der Waals surface area contributed by atoms with Gasteiger partial charge < -0.3 is 9.67 Å². The molecule has 6 heteroatoms.